The summed E-state index contributed by atoms with van der Waals surface area (Å²) in [6.07, 6.45) is 4.51. The minimum Gasteiger partial charge on any atom is -0.483 e. The van der Waals surface area contributed by atoms with E-state index in [1.165, 1.54) is 11.3 Å². The Kier molecular flexibility index (Phi) is 7.08. The Labute approximate surface area is 216 Å². The van der Waals surface area contributed by atoms with Crippen LogP contribution in [-0.2, 0) is 27.3 Å². The summed E-state index contributed by atoms with van der Waals surface area (Å²) >= 11 is 8.16. The average Bonchev–Trinajstić information content (AvgIpc) is 3.61. The quantitative estimate of drug-likeness (QED) is 0.490. The van der Waals surface area contributed by atoms with E-state index in [2.05, 4.69) is 27.3 Å². The van der Waals surface area contributed by atoms with E-state index in [1.807, 2.05) is 18.3 Å². The van der Waals surface area contributed by atoms with Crippen LogP contribution in [0.2, 0.25) is 5.02 Å². The first-order chi connectivity index (χ1) is 17.5. The first-order valence-corrected chi connectivity index (χ1v) is 12.9. The van der Waals surface area contributed by atoms with Gasteiger partial charge in [0.15, 0.2) is 6.61 Å². The van der Waals surface area contributed by atoms with Gasteiger partial charge < -0.3 is 20.1 Å². The van der Waals surface area contributed by atoms with Crippen molar-refractivity contribution in [3.63, 3.8) is 0 Å². The Morgan fingerprint density at radius 3 is 2.83 bits per heavy atom. The van der Waals surface area contributed by atoms with E-state index in [9.17, 15) is 9.59 Å². The molecule has 188 valence electrons. The zero-order valence-electron chi connectivity index (χ0n) is 19.4. The van der Waals surface area contributed by atoms with Crippen LogP contribution in [0.1, 0.15) is 23.3 Å². The highest BCUT2D eigenvalue weighted by Gasteiger charge is 2.32. The van der Waals surface area contributed by atoms with Gasteiger partial charge in [-0.2, -0.15) is 0 Å². The molecule has 0 aliphatic carbocycles. The fraction of sp³-hybridized carbons (Fsp3) is 0.360. The maximum absolute atomic E-state index is 12.0. The molecule has 2 aromatic heterocycles. The summed E-state index contributed by atoms with van der Waals surface area (Å²) < 4.78 is 5.89. The summed E-state index contributed by atoms with van der Waals surface area (Å²) in [7, 11) is 0. The minimum absolute atomic E-state index is 0.187. The number of aryl methyl sites for hydroxylation is 1. The van der Waals surface area contributed by atoms with Gasteiger partial charge in [0.05, 0.1) is 16.8 Å². The van der Waals surface area contributed by atoms with Crippen LogP contribution >= 0.6 is 22.9 Å². The second-order valence-electron chi connectivity index (χ2n) is 8.83. The lowest BCUT2D eigenvalue weighted by Gasteiger charge is -2.38. The number of pyridine rings is 1. The van der Waals surface area contributed by atoms with Gasteiger partial charge in [-0.15, -0.1) is 11.3 Å². The van der Waals surface area contributed by atoms with Crippen molar-refractivity contribution >= 4 is 57.3 Å². The molecule has 1 atom stereocenters. The summed E-state index contributed by atoms with van der Waals surface area (Å²) in [6, 6.07) is 8.66. The lowest BCUT2D eigenvalue weighted by Crippen LogP contribution is -2.40. The summed E-state index contributed by atoms with van der Waals surface area (Å²) in [5.74, 6) is -0.310. The van der Waals surface area contributed by atoms with Gasteiger partial charge in [0.1, 0.15) is 0 Å². The highest BCUT2D eigenvalue weighted by molar-refractivity contribution is 7.19. The van der Waals surface area contributed by atoms with E-state index >= 15 is 0 Å². The van der Waals surface area contributed by atoms with Crippen molar-refractivity contribution in [2.45, 2.75) is 31.8 Å². The van der Waals surface area contributed by atoms with Crippen molar-refractivity contribution in [2.24, 2.45) is 0 Å². The number of carbonyl (C=O) groups is 3. The van der Waals surface area contributed by atoms with Crippen LogP contribution in [0.25, 0.3) is 21.3 Å². The Morgan fingerprint density at radius 2 is 2.11 bits per heavy atom. The summed E-state index contributed by atoms with van der Waals surface area (Å²) in [6.45, 7) is 2.84. The Balaban J connectivity index is 0.000000848. The van der Waals surface area contributed by atoms with Crippen molar-refractivity contribution in [1.82, 2.24) is 15.2 Å². The number of thiophene rings is 1. The molecule has 9 nitrogen and oxygen atoms in total. The zero-order valence-corrected chi connectivity index (χ0v) is 21.0. The molecular weight excluding hydrogens is 504 g/mol. The van der Waals surface area contributed by atoms with E-state index in [0.717, 1.165) is 75.0 Å². The van der Waals surface area contributed by atoms with Gasteiger partial charge in [0.2, 0.25) is 0 Å². The number of carbonyl (C=O) groups excluding carboxylic acids is 2. The van der Waals surface area contributed by atoms with Crippen LogP contribution in [0, 0.1) is 0 Å². The highest BCUT2D eigenvalue weighted by atomic mass is 35.5. The van der Waals surface area contributed by atoms with Crippen molar-refractivity contribution in [1.29, 1.82) is 0 Å². The van der Waals surface area contributed by atoms with Crippen LogP contribution in [0.5, 0.6) is 0 Å². The maximum Gasteiger partial charge on any atom is 0.417 e. The Morgan fingerprint density at radius 1 is 1.28 bits per heavy atom. The molecule has 3 aliphatic heterocycles. The lowest BCUT2D eigenvalue weighted by atomic mass is 9.92. The summed E-state index contributed by atoms with van der Waals surface area (Å²) in [5.41, 5.74) is 5.64. The first-order valence-electron chi connectivity index (χ1n) is 11.7. The average molecular weight is 529 g/mol. The number of benzene rings is 1. The number of anilines is 1. The second kappa shape index (κ2) is 10.4. The van der Waals surface area contributed by atoms with Crippen LogP contribution < -0.4 is 10.2 Å². The molecule has 0 radical (unpaired) electrons. The molecule has 2 amide bonds. The number of hydrogen-bond acceptors (Lipinski definition) is 8. The fourth-order valence-electron chi connectivity index (χ4n) is 5.18. The topological polar surface area (TPSA) is 112 Å². The Bertz CT molecular complexity index is 1310. The Hall–Kier alpha value is -3.21. The number of imide groups is 1. The van der Waals surface area contributed by atoms with Crippen molar-refractivity contribution in [2.75, 3.05) is 31.1 Å². The molecule has 1 aromatic carbocycles. The molecule has 0 spiro atoms. The third-order valence-electron chi connectivity index (χ3n) is 6.67. The van der Waals surface area contributed by atoms with Crippen molar-refractivity contribution < 1.29 is 24.2 Å². The number of rotatable bonds is 4. The molecule has 2 saturated heterocycles. The number of cyclic esters (lactones) is 1. The van der Waals surface area contributed by atoms with Gasteiger partial charge in [0.25, 0.3) is 12.4 Å². The number of fused-ring (bicyclic) bond motifs is 2. The van der Waals surface area contributed by atoms with E-state index in [4.69, 9.17) is 26.2 Å². The van der Waals surface area contributed by atoms with Crippen molar-refractivity contribution in [3.05, 3.63) is 45.9 Å². The van der Waals surface area contributed by atoms with Gasteiger partial charge in [-0.1, -0.05) is 11.6 Å². The van der Waals surface area contributed by atoms with Gasteiger partial charge in [-0.25, -0.2) is 9.69 Å². The van der Waals surface area contributed by atoms with Crippen LogP contribution in [0.15, 0.2) is 30.5 Å². The highest BCUT2D eigenvalue weighted by Crippen LogP contribution is 2.44. The molecule has 2 fully saturated rings. The molecule has 36 heavy (non-hydrogen) atoms. The second-order valence-corrected chi connectivity index (χ2v) is 10.4. The van der Waals surface area contributed by atoms with E-state index < -0.39 is 6.09 Å². The molecule has 1 unspecified atom stereocenters. The largest absolute Gasteiger partial charge is 0.483 e. The fourth-order valence-corrected chi connectivity index (χ4v) is 6.55. The van der Waals surface area contributed by atoms with E-state index in [1.54, 1.807) is 11.3 Å². The first kappa shape index (κ1) is 24.5. The number of ether oxygens (including phenoxy) is 1. The number of amides is 2. The number of nitrogens with zero attached hydrogens (tertiary/aromatic N) is 3. The van der Waals surface area contributed by atoms with Crippen LogP contribution in [-0.4, -0.2) is 65.7 Å². The van der Waals surface area contributed by atoms with E-state index in [-0.39, 0.29) is 25.5 Å². The molecular formula is C25H25ClN4O5S. The molecule has 6 rings (SSSR count). The third-order valence-corrected chi connectivity index (χ3v) is 8.03. The van der Waals surface area contributed by atoms with Gasteiger partial charge in [-0.05, 0) is 55.6 Å². The summed E-state index contributed by atoms with van der Waals surface area (Å²) in [4.78, 5) is 41.4. The SMILES string of the molecule is O=C1COC(=O)N1Cc1cc2nccc(-c3cc(Cl)cc4c3N(C3CCNC3)CCC4)c2s1.O=CO. The van der Waals surface area contributed by atoms with E-state index in [0.29, 0.717) is 6.04 Å². The maximum atomic E-state index is 12.0. The molecule has 0 saturated carbocycles. The molecule has 0 bridgehead atoms. The predicted octanol–water partition coefficient (Wildman–Crippen LogP) is 3.91. The number of nitrogens with one attached hydrogen (secondary N) is 1. The third kappa shape index (κ3) is 4.63. The number of carboxylic acid groups (broad SMARTS) is 1. The smallest absolute Gasteiger partial charge is 0.417 e. The lowest BCUT2D eigenvalue weighted by molar-refractivity contribution is -0.126. The minimum atomic E-state index is -0.588. The van der Waals surface area contributed by atoms with Gasteiger partial charge in [0, 0.05) is 52.0 Å². The van der Waals surface area contributed by atoms with Crippen molar-refractivity contribution in [3.8, 4) is 11.1 Å². The molecule has 11 heteroatoms. The van der Waals surface area contributed by atoms with Crippen LogP contribution in [0.4, 0.5) is 10.5 Å². The summed E-state index contributed by atoms with van der Waals surface area (Å²) in [5, 5.41) is 11.1. The monoisotopic (exact) mass is 528 g/mol. The number of aromatic nitrogens is 1. The predicted molar refractivity (Wildman–Crippen MR) is 138 cm³/mol. The normalized spacial score (nSPS) is 19.2. The van der Waals surface area contributed by atoms with Gasteiger partial charge in [-0.3, -0.25) is 14.6 Å². The van der Waals surface area contributed by atoms with Crippen LogP contribution in [0.3, 0.4) is 0 Å². The molecule has 2 N–H and O–H groups in total. The standard InChI is InChI=1S/C24H23ClN4O3S.CH2O2/c25-15-8-14-2-1-7-28(16-3-5-26-11-16)22(14)19(9-15)18-4-6-27-20-10-17(33-23(18)20)12-29-21(30)13-32-24(29)31;2-1-3/h4,6,8-10,16,26H,1-3,5,7,11-13H2;1H,(H,2,3). The zero-order chi connectivity index (χ0) is 25.2. The number of hydrogen-bond donors (Lipinski definition) is 2. The molecule has 3 aliphatic rings. The molecule has 3 aromatic rings. The number of halogens is 1. The van der Waals surface area contributed by atoms with Gasteiger partial charge >= 0.3 is 6.09 Å². The molecule has 5 heterocycles.